The maximum Gasteiger partial charge on any atom is 0.244 e. The van der Waals surface area contributed by atoms with Crippen LogP contribution < -0.4 is 11.1 Å². The lowest BCUT2D eigenvalue weighted by Gasteiger charge is -2.12. The Morgan fingerprint density at radius 2 is 2.47 bits per heavy atom. The van der Waals surface area contributed by atoms with Gasteiger partial charge in [-0.1, -0.05) is 0 Å². The van der Waals surface area contributed by atoms with Crippen molar-refractivity contribution in [3.63, 3.8) is 0 Å². The van der Waals surface area contributed by atoms with Crippen LogP contribution in [-0.4, -0.2) is 40.4 Å². The second-order valence-corrected chi connectivity index (χ2v) is 3.55. The zero-order valence-corrected chi connectivity index (χ0v) is 8.47. The van der Waals surface area contributed by atoms with E-state index in [1.807, 2.05) is 0 Å². The van der Waals surface area contributed by atoms with Gasteiger partial charge >= 0.3 is 0 Å². The van der Waals surface area contributed by atoms with Gasteiger partial charge in [0.2, 0.25) is 11.9 Å². The molecule has 15 heavy (non-hydrogen) atoms. The van der Waals surface area contributed by atoms with Crippen molar-refractivity contribution in [2.24, 2.45) is 0 Å². The molecule has 3 N–H and O–H groups in total. The molecule has 1 amide bonds. The van der Waals surface area contributed by atoms with Crippen LogP contribution in [0.1, 0.15) is 6.42 Å². The zero-order valence-electron chi connectivity index (χ0n) is 8.47. The van der Waals surface area contributed by atoms with E-state index < -0.39 is 0 Å². The topological polar surface area (TPSA) is 84.1 Å². The Hall–Kier alpha value is -1.85. The standard InChI is InChI=1S/C9H13N5O/c1-14-5-3-6(8(14)15)12-7-2-4-11-9(10)13-7/h2,4,6H,3,5H2,1H3,(H3,10,11,12,13). The van der Waals surface area contributed by atoms with Gasteiger partial charge in [-0.3, -0.25) is 4.79 Å². The molecule has 0 aromatic carbocycles. The van der Waals surface area contributed by atoms with E-state index in [4.69, 9.17) is 5.73 Å². The molecule has 6 nitrogen and oxygen atoms in total. The van der Waals surface area contributed by atoms with Crippen molar-refractivity contribution < 1.29 is 4.79 Å². The van der Waals surface area contributed by atoms with Crippen LogP contribution >= 0.6 is 0 Å². The summed E-state index contributed by atoms with van der Waals surface area (Å²) in [7, 11) is 1.79. The molecule has 1 fully saturated rings. The van der Waals surface area contributed by atoms with Crippen molar-refractivity contribution in [1.29, 1.82) is 0 Å². The van der Waals surface area contributed by atoms with Crippen molar-refractivity contribution in [3.05, 3.63) is 12.3 Å². The molecule has 1 aromatic rings. The summed E-state index contributed by atoms with van der Waals surface area (Å²) in [5.74, 6) is 0.891. The normalized spacial score (nSPS) is 20.7. The first-order valence-electron chi connectivity index (χ1n) is 4.77. The molecular formula is C9H13N5O. The first kappa shape index (κ1) is 9.70. The minimum atomic E-state index is -0.190. The predicted octanol–water partition coefficient (Wildman–Crippen LogP) is -0.299. The highest BCUT2D eigenvalue weighted by Crippen LogP contribution is 2.14. The number of nitrogens with two attached hydrogens (primary N) is 1. The van der Waals surface area contributed by atoms with Crippen molar-refractivity contribution in [2.75, 3.05) is 24.6 Å². The third-order valence-electron chi connectivity index (χ3n) is 2.42. The lowest BCUT2D eigenvalue weighted by molar-refractivity contribution is -0.127. The SMILES string of the molecule is CN1CCC(Nc2ccnc(N)n2)C1=O. The number of carbonyl (C=O) groups is 1. The number of likely N-dealkylation sites (N-methyl/N-ethyl adjacent to an activating group) is 1. The predicted molar refractivity (Wildman–Crippen MR) is 56.1 cm³/mol. The lowest BCUT2D eigenvalue weighted by Crippen LogP contribution is -2.31. The number of anilines is 2. The molecule has 1 saturated heterocycles. The summed E-state index contributed by atoms with van der Waals surface area (Å²) in [4.78, 5) is 21.0. The largest absolute Gasteiger partial charge is 0.368 e. The van der Waals surface area contributed by atoms with E-state index in [9.17, 15) is 4.79 Å². The summed E-state index contributed by atoms with van der Waals surface area (Å²) < 4.78 is 0. The van der Waals surface area contributed by atoms with E-state index in [1.165, 1.54) is 0 Å². The van der Waals surface area contributed by atoms with Crippen LogP contribution in [0.25, 0.3) is 0 Å². The molecule has 1 aliphatic heterocycles. The van der Waals surface area contributed by atoms with Gasteiger partial charge in [0.1, 0.15) is 11.9 Å². The molecule has 1 aromatic heterocycles. The molecule has 80 valence electrons. The van der Waals surface area contributed by atoms with E-state index in [-0.39, 0.29) is 17.9 Å². The quantitative estimate of drug-likeness (QED) is 0.695. The van der Waals surface area contributed by atoms with Crippen molar-refractivity contribution in [1.82, 2.24) is 14.9 Å². The van der Waals surface area contributed by atoms with E-state index in [0.29, 0.717) is 5.82 Å². The first-order chi connectivity index (χ1) is 7.16. The Morgan fingerprint density at radius 3 is 3.07 bits per heavy atom. The van der Waals surface area contributed by atoms with Crippen LogP contribution in [0.4, 0.5) is 11.8 Å². The number of rotatable bonds is 2. The average Bonchev–Trinajstić information content (AvgIpc) is 2.50. The van der Waals surface area contributed by atoms with Crippen molar-refractivity contribution in [3.8, 4) is 0 Å². The minimum Gasteiger partial charge on any atom is -0.368 e. The van der Waals surface area contributed by atoms with Crippen LogP contribution in [-0.2, 0) is 4.79 Å². The smallest absolute Gasteiger partial charge is 0.244 e. The van der Waals surface area contributed by atoms with Gasteiger partial charge in [-0.05, 0) is 12.5 Å². The highest BCUT2D eigenvalue weighted by Gasteiger charge is 2.28. The van der Waals surface area contributed by atoms with Gasteiger partial charge in [0.15, 0.2) is 0 Å². The monoisotopic (exact) mass is 207 g/mol. The van der Waals surface area contributed by atoms with Gasteiger partial charge in [0, 0.05) is 19.8 Å². The maximum atomic E-state index is 11.6. The van der Waals surface area contributed by atoms with Crippen LogP contribution in [0.3, 0.4) is 0 Å². The molecule has 6 heteroatoms. The number of nitrogens with one attached hydrogen (secondary N) is 1. The lowest BCUT2D eigenvalue weighted by atomic mass is 10.2. The molecule has 0 radical (unpaired) electrons. The number of likely N-dealkylation sites (tertiary alicyclic amines) is 1. The summed E-state index contributed by atoms with van der Waals surface area (Å²) in [5.41, 5.74) is 5.44. The third kappa shape index (κ3) is 1.98. The fourth-order valence-electron chi connectivity index (χ4n) is 1.59. The second-order valence-electron chi connectivity index (χ2n) is 3.55. The van der Waals surface area contributed by atoms with Crippen LogP contribution in [0, 0.1) is 0 Å². The number of carbonyl (C=O) groups excluding carboxylic acids is 1. The zero-order chi connectivity index (χ0) is 10.8. The molecule has 0 spiro atoms. The Bertz CT molecular complexity index is 381. The van der Waals surface area contributed by atoms with Gasteiger partial charge in [-0.2, -0.15) is 4.98 Å². The second kappa shape index (κ2) is 3.72. The Balaban J connectivity index is 2.06. The number of hydrogen-bond acceptors (Lipinski definition) is 5. The molecule has 0 aliphatic carbocycles. The van der Waals surface area contributed by atoms with E-state index in [0.717, 1.165) is 13.0 Å². The summed E-state index contributed by atoms with van der Waals surface area (Å²) in [6, 6.07) is 1.51. The van der Waals surface area contributed by atoms with Crippen molar-refractivity contribution >= 4 is 17.7 Å². The van der Waals surface area contributed by atoms with Crippen molar-refractivity contribution in [2.45, 2.75) is 12.5 Å². The van der Waals surface area contributed by atoms with Gasteiger partial charge in [-0.15, -0.1) is 0 Å². The number of nitrogen functional groups attached to an aromatic ring is 1. The summed E-state index contributed by atoms with van der Waals surface area (Å²) in [5, 5.41) is 3.04. The van der Waals surface area contributed by atoms with Gasteiger partial charge < -0.3 is 16.0 Å². The molecule has 1 atom stereocenters. The average molecular weight is 207 g/mol. The molecule has 0 saturated carbocycles. The maximum absolute atomic E-state index is 11.6. The van der Waals surface area contributed by atoms with Crippen LogP contribution in [0.2, 0.25) is 0 Å². The number of hydrogen-bond donors (Lipinski definition) is 2. The molecular weight excluding hydrogens is 194 g/mol. The molecule has 2 rings (SSSR count). The number of aromatic nitrogens is 2. The van der Waals surface area contributed by atoms with Gasteiger partial charge in [0.25, 0.3) is 0 Å². The Morgan fingerprint density at radius 1 is 1.67 bits per heavy atom. The first-order valence-corrected chi connectivity index (χ1v) is 4.77. The van der Waals surface area contributed by atoms with Gasteiger partial charge in [0.05, 0.1) is 0 Å². The Kier molecular flexibility index (Phi) is 2.40. The highest BCUT2D eigenvalue weighted by atomic mass is 16.2. The highest BCUT2D eigenvalue weighted by molar-refractivity contribution is 5.86. The number of nitrogens with zero attached hydrogens (tertiary/aromatic N) is 3. The fourth-order valence-corrected chi connectivity index (χ4v) is 1.59. The summed E-state index contributed by atoms with van der Waals surface area (Å²) >= 11 is 0. The fraction of sp³-hybridized carbons (Fsp3) is 0.444. The van der Waals surface area contributed by atoms with E-state index in [1.54, 1.807) is 24.2 Å². The van der Waals surface area contributed by atoms with Crippen LogP contribution in [0.5, 0.6) is 0 Å². The molecule has 1 aliphatic rings. The molecule has 1 unspecified atom stereocenters. The van der Waals surface area contributed by atoms with E-state index in [2.05, 4.69) is 15.3 Å². The van der Waals surface area contributed by atoms with Gasteiger partial charge in [-0.25, -0.2) is 4.98 Å². The molecule has 0 bridgehead atoms. The minimum absolute atomic E-state index is 0.0900. The summed E-state index contributed by atoms with van der Waals surface area (Å²) in [6.45, 7) is 0.775. The van der Waals surface area contributed by atoms with Crippen LogP contribution in [0.15, 0.2) is 12.3 Å². The number of amides is 1. The summed E-state index contributed by atoms with van der Waals surface area (Å²) in [6.07, 6.45) is 2.35. The third-order valence-corrected chi connectivity index (χ3v) is 2.42. The molecule has 2 heterocycles. The Labute approximate surface area is 87.5 Å². The van der Waals surface area contributed by atoms with E-state index >= 15 is 0 Å².